The normalized spacial score (nSPS) is 10.2. The van der Waals surface area contributed by atoms with Crippen molar-refractivity contribution >= 4 is 11.5 Å². The Morgan fingerprint density at radius 1 is 1.24 bits per heavy atom. The molecule has 0 aliphatic rings. The van der Waals surface area contributed by atoms with E-state index in [1.807, 2.05) is 30.7 Å². The van der Waals surface area contributed by atoms with Crippen LogP contribution in [-0.2, 0) is 0 Å². The van der Waals surface area contributed by atoms with Gasteiger partial charge in [-0.05, 0) is 32.0 Å². The number of pyridine rings is 1. The Morgan fingerprint density at radius 2 is 1.88 bits per heavy atom. The third kappa shape index (κ3) is 2.25. The van der Waals surface area contributed by atoms with Crippen molar-refractivity contribution in [3.63, 3.8) is 0 Å². The van der Waals surface area contributed by atoms with Crippen LogP contribution in [0.25, 0.3) is 0 Å². The van der Waals surface area contributed by atoms with E-state index in [1.54, 1.807) is 6.07 Å². The summed E-state index contributed by atoms with van der Waals surface area (Å²) in [5.74, 6) is 0.568. The van der Waals surface area contributed by atoms with Crippen LogP contribution in [-0.4, -0.2) is 14.6 Å². The fourth-order valence-electron chi connectivity index (χ4n) is 1.52. The van der Waals surface area contributed by atoms with Gasteiger partial charge in [0.1, 0.15) is 12.0 Å². The fraction of sp³-hybridized carbons (Fsp3) is 0.182. The van der Waals surface area contributed by atoms with Crippen LogP contribution in [0.15, 0.2) is 30.5 Å². The number of hydrogen-bond donors (Lipinski definition) is 1. The predicted octanol–water partition coefficient (Wildman–Crippen LogP) is 2.28. The summed E-state index contributed by atoms with van der Waals surface area (Å²) in [6, 6.07) is 6.96. The molecule has 2 rings (SSSR count). The molecule has 0 saturated heterocycles. The van der Waals surface area contributed by atoms with Gasteiger partial charge in [0.05, 0.1) is 4.92 Å². The molecule has 0 unspecified atom stereocenters. The third-order valence-corrected chi connectivity index (χ3v) is 2.46. The van der Waals surface area contributed by atoms with E-state index in [1.165, 1.54) is 12.3 Å². The van der Waals surface area contributed by atoms with Gasteiger partial charge in [-0.1, -0.05) is 0 Å². The van der Waals surface area contributed by atoms with Gasteiger partial charge in [0.15, 0.2) is 0 Å². The van der Waals surface area contributed by atoms with Gasteiger partial charge in [-0.15, -0.1) is 0 Å². The van der Waals surface area contributed by atoms with Gasteiger partial charge in [0.25, 0.3) is 5.69 Å². The van der Waals surface area contributed by atoms with E-state index < -0.39 is 4.92 Å². The minimum atomic E-state index is -0.469. The smallest absolute Gasteiger partial charge is 0.278 e. The number of anilines is 1. The van der Waals surface area contributed by atoms with Crippen molar-refractivity contribution < 1.29 is 4.92 Å². The monoisotopic (exact) mass is 232 g/mol. The second-order valence-electron chi connectivity index (χ2n) is 3.72. The molecule has 0 fully saturated rings. The Morgan fingerprint density at radius 3 is 2.35 bits per heavy atom. The highest BCUT2D eigenvalue weighted by Crippen LogP contribution is 2.13. The van der Waals surface area contributed by atoms with Crippen LogP contribution >= 0.6 is 0 Å². The standard InChI is InChI=1S/C11H12N4O2/c1-8-3-4-9(2)14(8)13-11-6-5-10(7-12-11)15(16)17/h3-7H,1-2H3,(H,12,13). The molecular formula is C11H12N4O2. The molecule has 0 amide bonds. The number of aromatic nitrogens is 2. The lowest BCUT2D eigenvalue weighted by Crippen LogP contribution is -2.13. The van der Waals surface area contributed by atoms with E-state index >= 15 is 0 Å². The third-order valence-electron chi connectivity index (χ3n) is 2.46. The fourth-order valence-corrected chi connectivity index (χ4v) is 1.52. The summed E-state index contributed by atoms with van der Waals surface area (Å²) in [5.41, 5.74) is 5.14. The highest BCUT2D eigenvalue weighted by atomic mass is 16.6. The predicted molar refractivity (Wildman–Crippen MR) is 63.8 cm³/mol. The molecule has 2 aromatic heterocycles. The SMILES string of the molecule is Cc1ccc(C)n1Nc1ccc([N+](=O)[O-])cn1. The maximum Gasteiger partial charge on any atom is 0.287 e. The Hall–Kier alpha value is -2.37. The molecule has 6 heteroatoms. The second kappa shape index (κ2) is 4.25. The highest BCUT2D eigenvalue weighted by molar-refractivity contribution is 5.40. The van der Waals surface area contributed by atoms with Crippen LogP contribution < -0.4 is 5.43 Å². The van der Waals surface area contributed by atoms with E-state index in [0.717, 1.165) is 11.4 Å². The van der Waals surface area contributed by atoms with Crippen molar-refractivity contribution in [2.45, 2.75) is 13.8 Å². The Labute approximate surface area is 98.0 Å². The maximum absolute atomic E-state index is 10.5. The largest absolute Gasteiger partial charge is 0.287 e. The number of nitro groups is 1. The number of nitrogens with zero attached hydrogens (tertiary/aromatic N) is 3. The van der Waals surface area contributed by atoms with Crippen molar-refractivity contribution in [1.29, 1.82) is 0 Å². The number of rotatable bonds is 3. The molecule has 0 radical (unpaired) electrons. The molecule has 2 aromatic rings. The quantitative estimate of drug-likeness (QED) is 0.650. The molecule has 0 bridgehead atoms. The molecule has 0 saturated carbocycles. The van der Waals surface area contributed by atoms with Gasteiger partial charge in [-0.25, -0.2) is 4.98 Å². The topological polar surface area (TPSA) is 73.0 Å². The zero-order valence-corrected chi connectivity index (χ0v) is 9.54. The summed E-state index contributed by atoms with van der Waals surface area (Å²) in [4.78, 5) is 14.0. The molecule has 0 aliphatic carbocycles. The lowest BCUT2D eigenvalue weighted by atomic mass is 10.4. The van der Waals surface area contributed by atoms with Crippen molar-refractivity contribution in [1.82, 2.24) is 9.66 Å². The molecule has 0 spiro atoms. The summed E-state index contributed by atoms with van der Waals surface area (Å²) in [6.07, 6.45) is 1.23. The zero-order chi connectivity index (χ0) is 12.4. The first-order chi connectivity index (χ1) is 8.08. The minimum absolute atomic E-state index is 0.0171. The van der Waals surface area contributed by atoms with Crippen molar-refractivity contribution in [2.24, 2.45) is 0 Å². The molecule has 0 aromatic carbocycles. The molecule has 6 nitrogen and oxygen atoms in total. The number of hydrogen-bond acceptors (Lipinski definition) is 4. The van der Waals surface area contributed by atoms with Crippen LogP contribution in [0, 0.1) is 24.0 Å². The Kier molecular flexibility index (Phi) is 2.78. The maximum atomic E-state index is 10.5. The van der Waals surface area contributed by atoms with Crippen LogP contribution in [0.5, 0.6) is 0 Å². The van der Waals surface area contributed by atoms with Gasteiger partial charge in [0.2, 0.25) is 0 Å². The van der Waals surface area contributed by atoms with Crippen LogP contribution in [0.3, 0.4) is 0 Å². The summed E-state index contributed by atoms with van der Waals surface area (Å²) >= 11 is 0. The summed E-state index contributed by atoms with van der Waals surface area (Å²) < 4.78 is 1.87. The van der Waals surface area contributed by atoms with E-state index in [9.17, 15) is 10.1 Å². The summed E-state index contributed by atoms with van der Waals surface area (Å²) in [6.45, 7) is 3.93. The first-order valence-corrected chi connectivity index (χ1v) is 5.10. The molecule has 0 atom stereocenters. The van der Waals surface area contributed by atoms with Crippen molar-refractivity contribution in [3.05, 3.63) is 52.0 Å². The molecule has 0 aliphatic heterocycles. The van der Waals surface area contributed by atoms with Crippen molar-refractivity contribution in [2.75, 3.05) is 5.43 Å². The van der Waals surface area contributed by atoms with E-state index in [4.69, 9.17) is 0 Å². The first-order valence-electron chi connectivity index (χ1n) is 5.10. The summed E-state index contributed by atoms with van der Waals surface area (Å²) in [5, 5.41) is 10.5. The average Bonchev–Trinajstić information content (AvgIpc) is 2.61. The van der Waals surface area contributed by atoms with Gasteiger partial charge in [0, 0.05) is 17.5 Å². The Balaban J connectivity index is 2.22. The first kappa shape index (κ1) is 11.1. The average molecular weight is 232 g/mol. The lowest BCUT2D eigenvalue weighted by Gasteiger charge is -2.11. The minimum Gasteiger partial charge on any atom is -0.278 e. The van der Waals surface area contributed by atoms with Gasteiger partial charge in [-0.2, -0.15) is 0 Å². The van der Waals surface area contributed by atoms with Gasteiger partial charge >= 0.3 is 0 Å². The number of nitrogens with one attached hydrogen (secondary N) is 1. The van der Waals surface area contributed by atoms with Crippen molar-refractivity contribution in [3.8, 4) is 0 Å². The summed E-state index contributed by atoms with van der Waals surface area (Å²) in [7, 11) is 0. The van der Waals surface area contributed by atoms with Gasteiger partial charge in [-0.3, -0.25) is 20.2 Å². The Bertz CT molecular complexity index is 526. The van der Waals surface area contributed by atoms with Crippen LogP contribution in [0.2, 0.25) is 0 Å². The van der Waals surface area contributed by atoms with E-state index in [0.29, 0.717) is 5.82 Å². The van der Waals surface area contributed by atoms with Gasteiger partial charge < -0.3 is 0 Å². The molecule has 1 N–H and O–H groups in total. The highest BCUT2D eigenvalue weighted by Gasteiger charge is 2.06. The van der Waals surface area contributed by atoms with E-state index in [2.05, 4.69) is 10.4 Å². The molecule has 2 heterocycles. The molecule has 88 valence electrons. The van der Waals surface area contributed by atoms with E-state index in [-0.39, 0.29) is 5.69 Å². The van der Waals surface area contributed by atoms with Crippen LogP contribution in [0.1, 0.15) is 11.4 Å². The number of aryl methyl sites for hydroxylation is 2. The zero-order valence-electron chi connectivity index (χ0n) is 9.54. The molecule has 17 heavy (non-hydrogen) atoms. The van der Waals surface area contributed by atoms with Crippen LogP contribution in [0.4, 0.5) is 11.5 Å². The molecular weight excluding hydrogens is 220 g/mol. The lowest BCUT2D eigenvalue weighted by molar-refractivity contribution is -0.385. The second-order valence-corrected chi connectivity index (χ2v) is 3.72.